The van der Waals surface area contributed by atoms with Crippen LogP contribution in [-0.4, -0.2) is 21.9 Å². The molecular formula is C20H17N3O2S. The van der Waals surface area contributed by atoms with Crippen LogP contribution in [0.2, 0.25) is 0 Å². The van der Waals surface area contributed by atoms with Crippen molar-refractivity contribution >= 4 is 10.0 Å². The lowest BCUT2D eigenvalue weighted by atomic mass is 10.0. The molecule has 0 saturated heterocycles. The number of benzene rings is 2. The summed E-state index contributed by atoms with van der Waals surface area (Å²) in [6, 6.07) is 20.0. The van der Waals surface area contributed by atoms with E-state index >= 15 is 0 Å². The third kappa shape index (κ3) is 2.95. The molecule has 0 fully saturated rings. The fourth-order valence-electron chi connectivity index (χ4n) is 3.01. The van der Waals surface area contributed by atoms with Crippen LogP contribution in [0, 0.1) is 0 Å². The van der Waals surface area contributed by atoms with Crippen LogP contribution in [0.15, 0.2) is 103 Å². The number of aromatic nitrogens is 3. The lowest BCUT2D eigenvalue weighted by Gasteiger charge is -2.18. The minimum Gasteiger partial charge on any atom is -0.326 e. The van der Waals surface area contributed by atoms with Gasteiger partial charge in [0.1, 0.15) is 0 Å². The topological polar surface area (TPSA) is 56.9 Å². The smallest absolute Gasteiger partial charge is 0.267 e. The van der Waals surface area contributed by atoms with E-state index in [1.165, 1.54) is 3.97 Å². The van der Waals surface area contributed by atoms with Crippen LogP contribution in [0.5, 0.6) is 0 Å². The maximum atomic E-state index is 12.8. The van der Waals surface area contributed by atoms with Gasteiger partial charge >= 0.3 is 0 Å². The highest BCUT2D eigenvalue weighted by Crippen LogP contribution is 2.28. The van der Waals surface area contributed by atoms with Crippen molar-refractivity contribution in [1.29, 1.82) is 0 Å². The minimum absolute atomic E-state index is 0.147. The van der Waals surface area contributed by atoms with Crippen molar-refractivity contribution in [2.24, 2.45) is 0 Å². The zero-order valence-electron chi connectivity index (χ0n) is 13.9. The average molecular weight is 363 g/mol. The molecule has 130 valence electrons. The van der Waals surface area contributed by atoms with Gasteiger partial charge in [-0.3, -0.25) is 0 Å². The second-order valence-electron chi connectivity index (χ2n) is 5.92. The molecule has 2 aromatic carbocycles. The van der Waals surface area contributed by atoms with E-state index in [4.69, 9.17) is 0 Å². The molecule has 0 bridgehead atoms. The van der Waals surface area contributed by atoms with Gasteiger partial charge in [-0.15, -0.1) is 0 Å². The first kappa shape index (κ1) is 16.4. The number of rotatable bonds is 5. The Hall–Kier alpha value is -3.12. The van der Waals surface area contributed by atoms with E-state index in [9.17, 15) is 8.42 Å². The third-order valence-electron chi connectivity index (χ3n) is 4.26. The van der Waals surface area contributed by atoms with Crippen LogP contribution >= 0.6 is 0 Å². The number of hydrogen-bond acceptors (Lipinski definition) is 3. The molecule has 0 spiro atoms. The van der Waals surface area contributed by atoms with Gasteiger partial charge in [-0.05, 0) is 29.3 Å². The van der Waals surface area contributed by atoms with Gasteiger partial charge < -0.3 is 4.57 Å². The SMILES string of the molecule is O=S(=O)(c1ccccc1)n1ccc(C(c2ccccc2)n2ccnc2)c1. The molecular weight excluding hydrogens is 346 g/mol. The maximum absolute atomic E-state index is 12.8. The van der Waals surface area contributed by atoms with E-state index in [0.717, 1.165) is 11.1 Å². The van der Waals surface area contributed by atoms with Crippen molar-refractivity contribution in [3.8, 4) is 0 Å². The Labute approximate surface area is 152 Å². The zero-order valence-corrected chi connectivity index (χ0v) is 14.7. The van der Waals surface area contributed by atoms with Gasteiger partial charge in [-0.1, -0.05) is 48.5 Å². The van der Waals surface area contributed by atoms with E-state index in [1.54, 1.807) is 55.2 Å². The van der Waals surface area contributed by atoms with Crippen molar-refractivity contribution in [1.82, 2.24) is 13.5 Å². The summed E-state index contributed by atoms with van der Waals surface area (Å²) in [4.78, 5) is 4.40. The molecule has 4 rings (SSSR count). The summed E-state index contributed by atoms with van der Waals surface area (Å²) in [7, 11) is -3.61. The fourth-order valence-corrected chi connectivity index (χ4v) is 4.24. The average Bonchev–Trinajstić information content (AvgIpc) is 3.37. The molecule has 0 saturated carbocycles. The summed E-state index contributed by atoms with van der Waals surface area (Å²) in [6.45, 7) is 0. The Bertz CT molecular complexity index is 1090. The van der Waals surface area contributed by atoms with Crippen LogP contribution in [0.4, 0.5) is 0 Å². The molecule has 0 amide bonds. The molecule has 0 N–H and O–H groups in total. The first-order chi connectivity index (χ1) is 12.7. The third-order valence-corrected chi connectivity index (χ3v) is 5.91. The van der Waals surface area contributed by atoms with Crippen molar-refractivity contribution in [3.05, 3.63) is 109 Å². The van der Waals surface area contributed by atoms with Gasteiger partial charge in [0.15, 0.2) is 0 Å². The van der Waals surface area contributed by atoms with Crippen molar-refractivity contribution in [3.63, 3.8) is 0 Å². The van der Waals surface area contributed by atoms with E-state index in [0.29, 0.717) is 0 Å². The van der Waals surface area contributed by atoms with Crippen molar-refractivity contribution < 1.29 is 8.42 Å². The van der Waals surface area contributed by atoms with Crippen LogP contribution in [0.3, 0.4) is 0 Å². The largest absolute Gasteiger partial charge is 0.326 e. The Morgan fingerprint density at radius 1 is 0.808 bits per heavy atom. The Kier molecular flexibility index (Phi) is 4.18. The van der Waals surface area contributed by atoms with Gasteiger partial charge in [-0.2, -0.15) is 0 Å². The van der Waals surface area contributed by atoms with E-state index < -0.39 is 10.0 Å². The lowest BCUT2D eigenvalue weighted by Crippen LogP contribution is -2.12. The van der Waals surface area contributed by atoms with Crippen LogP contribution in [0.1, 0.15) is 17.2 Å². The summed E-state index contributed by atoms with van der Waals surface area (Å²) in [5, 5.41) is 0. The van der Waals surface area contributed by atoms with E-state index in [2.05, 4.69) is 4.98 Å². The molecule has 0 aliphatic heterocycles. The van der Waals surface area contributed by atoms with Crippen LogP contribution in [0.25, 0.3) is 0 Å². The second-order valence-corrected chi connectivity index (χ2v) is 7.76. The van der Waals surface area contributed by atoms with Gasteiger partial charge in [0.2, 0.25) is 0 Å². The molecule has 2 aromatic heterocycles. The highest BCUT2D eigenvalue weighted by Gasteiger charge is 2.21. The number of imidazole rings is 1. The highest BCUT2D eigenvalue weighted by atomic mass is 32.2. The van der Waals surface area contributed by atoms with Gasteiger partial charge in [0.05, 0.1) is 17.3 Å². The molecule has 5 nitrogen and oxygen atoms in total. The molecule has 1 atom stereocenters. The van der Waals surface area contributed by atoms with Gasteiger partial charge in [0, 0.05) is 24.8 Å². The second kappa shape index (κ2) is 6.65. The summed E-state index contributed by atoms with van der Waals surface area (Å²) in [5.74, 6) is 0. The molecule has 0 radical (unpaired) electrons. The minimum atomic E-state index is -3.61. The number of hydrogen-bond donors (Lipinski definition) is 0. The quantitative estimate of drug-likeness (QED) is 0.545. The summed E-state index contributed by atoms with van der Waals surface area (Å²) >= 11 is 0. The Morgan fingerprint density at radius 2 is 1.50 bits per heavy atom. The summed E-state index contributed by atoms with van der Waals surface area (Å²) in [5.41, 5.74) is 1.93. The van der Waals surface area contributed by atoms with Crippen molar-refractivity contribution in [2.75, 3.05) is 0 Å². The summed E-state index contributed by atoms with van der Waals surface area (Å²) < 4.78 is 28.9. The predicted octanol–water partition coefficient (Wildman–Crippen LogP) is 3.56. The van der Waals surface area contributed by atoms with E-state index in [-0.39, 0.29) is 10.9 Å². The predicted molar refractivity (Wildman–Crippen MR) is 99.4 cm³/mol. The molecule has 26 heavy (non-hydrogen) atoms. The molecule has 1 unspecified atom stereocenters. The summed E-state index contributed by atoms with van der Waals surface area (Å²) in [6.07, 6.45) is 8.58. The normalized spacial score (nSPS) is 12.8. The molecule has 0 aliphatic carbocycles. The maximum Gasteiger partial charge on any atom is 0.267 e. The first-order valence-corrected chi connectivity index (χ1v) is 9.61. The standard InChI is InChI=1S/C20H17N3O2S/c24-26(25,19-9-5-2-6-10-19)23-13-11-18(15-23)20(22-14-12-21-16-22)17-7-3-1-4-8-17/h1-16,20H. The molecule has 6 heteroatoms. The van der Waals surface area contributed by atoms with Gasteiger partial charge in [-0.25, -0.2) is 17.4 Å². The Morgan fingerprint density at radius 3 is 2.15 bits per heavy atom. The Balaban J connectivity index is 1.78. The first-order valence-electron chi connectivity index (χ1n) is 8.17. The monoisotopic (exact) mass is 363 g/mol. The molecule has 2 heterocycles. The van der Waals surface area contributed by atoms with Crippen LogP contribution in [-0.2, 0) is 10.0 Å². The van der Waals surface area contributed by atoms with Gasteiger partial charge in [0.25, 0.3) is 10.0 Å². The lowest BCUT2D eigenvalue weighted by molar-refractivity contribution is 0.587. The fraction of sp³-hybridized carbons (Fsp3) is 0.0500. The molecule has 4 aromatic rings. The number of nitrogens with zero attached hydrogens (tertiary/aromatic N) is 3. The van der Waals surface area contributed by atoms with E-state index in [1.807, 2.05) is 47.2 Å². The zero-order chi connectivity index (χ0) is 18.0. The molecule has 0 aliphatic rings. The highest BCUT2D eigenvalue weighted by molar-refractivity contribution is 7.90. The van der Waals surface area contributed by atoms with Crippen LogP contribution < -0.4 is 0 Å². The van der Waals surface area contributed by atoms with Crippen molar-refractivity contribution in [2.45, 2.75) is 10.9 Å².